The highest BCUT2D eigenvalue weighted by Gasteiger charge is 2.38. The molecule has 0 aliphatic carbocycles. The molecule has 0 bridgehead atoms. The van der Waals surface area contributed by atoms with Gasteiger partial charge in [-0.25, -0.2) is 0 Å². The lowest BCUT2D eigenvalue weighted by Gasteiger charge is -2.40. The molecule has 0 unspecified atom stereocenters. The second-order valence-electron chi connectivity index (χ2n) is 9.57. The van der Waals surface area contributed by atoms with E-state index in [1.165, 1.54) is 0 Å². The zero-order valence-electron chi connectivity index (χ0n) is 21.1. The third-order valence-corrected chi connectivity index (χ3v) is 7.15. The number of anilines is 2. The van der Waals surface area contributed by atoms with Gasteiger partial charge in [0.2, 0.25) is 0 Å². The summed E-state index contributed by atoms with van der Waals surface area (Å²) in [5.74, 6) is 0. The molecule has 2 aromatic rings. The Balaban J connectivity index is 1.30. The second kappa shape index (κ2) is 11.4. The Morgan fingerprint density at radius 2 is 0.925 bits per heavy atom. The Hall–Kier alpha value is -3.66. The van der Waals surface area contributed by atoms with E-state index in [-0.39, 0.29) is 11.4 Å². The van der Waals surface area contributed by atoms with Crippen molar-refractivity contribution in [3.8, 4) is 0 Å². The summed E-state index contributed by atoms with van der Waals surface area (Å²) in [5.41, 5.74) is -3.54. The fourth-order valence-corrected chi connectivity index (χ4v) is 4.99. The predicted molar refractivity (Wildman–Crippen MR) is 134 cm³/mol. The van der Waals surface area contributed by atoms with Crippen molar-refractivity contribution in [2.24, 2.45) is 0 Å². The number of nitrogens with zero attached hydrogens (tertiary/aromatic N) is 6. The van der Waals surface area contributed by atoms with Crippen LogP contribution in [-0.4, -0.2) is 85.1 Å². The minimum absolute atomic E-state index is 0.0988. The molecule has 2 aliphatic rings. The molecule has 2 heterocycles. The van der Waals surface area contributed by atoms with Gasteiger partial charge < -0.3 is 9.80 Å². The maximum atomic E-state index is 13.6. The Morgan fingerprint density at radius 1 is 0.600 bits per heavy atom. The van der Waals surface area contributed by atoms with Crippen LogP contribution in [0.25, 0.3) is 0 Å². The van der Waals surface area contributed by atoms with Crippen molar-refractivity contribution >= 4 is 22.7 Å². The summed E-state index contributed by atoms with van der Waals surface area (Å²) < 4.78 is 81.4. The van der Waals surface area contributed by atoms with Gasteiger partial charge in [-0.2, -0.15) is 26.3 Å². The normalized spacial score (nSPS) is 17.8. The maximum absolute atomic E-state index is 13.6. The molecule has 0 N–H and O–H groups in total. The average molecular weight is 576 g/mol. The molecule has 0 saturated carbocycles. The van der Waals surface area contributed by atoms with E-state index < -0.39 is 44.7 Å². The van der Waals surface area contributed by atoms with Gasteiger partial charge in [-0.3, -0.25) is 30.0 Å². The second-order valence-corrected chi connectivity index (χ2v) is 9.57. The summed E-state index contributed by atoms with van der Waals surface area (Å²) in [4.78, 5) is 27.4. The van der Waals surface area contributed by atoms with E-state index in [0.29, 0.717) is 77.6 Å². The van der Waals surface area contributed by atoms with Crippen LogP contribution in [0.5, 0.6) is 0 Å². The van der Waals surface area contributed by atoms with Crippen LogP contribution < -0.4 is 9.80 Å². The molecule has 2 saturated heterocycles. The molecule has 0 aromatic heterocycles. The summed E-state index contributed by atoms with van der Waals surface area (Å²) in [5, 5.41) is 21.9. The van der Waals surface area contributed by atoms with Crippen LogP contribution in [0.15, 0.2) is 36.4 Å². The fourth-order valence-electron chi connectivity index (χ4n) is 4.99. The summed E-state index contributed by atoms with van der Waals surface area (Å²) in [6.07, 6.45) is -9.48. The number of piperazine rings is 2. The number of rotatable bonds is 7. The molecule has 218 valence electrons. The largest absolute Gasteiger partial charge is 0.418 e. The lowest BCUT2D eigenvalue weighted by molar-refractivity contribution is -0.385. The zero-order chi connectivity index (χ0) is 29.2. The lowest BCUT2D eigenvalue weighted by atomic mass is 10.1. The van der Waals surface area contributed by atoms with Crippen molar-refractivity contribution in [1.29, 1.82) is 0 Å². The summed E-state index contributed by atoms with van der Waals surface area (Å²) in [7, 11) is 0. The molecular weight excluding hydrogens is 550 g/mol. The zero-order valence-corrected chi connectivity index (χ0v) is 21.1. The number of nitro benzene ring substituents is 2. The van der Waals surface area contributed by atoms with Crippen LogP contribution in [0.2, 0.25) is 0 Å². The van der Waals surface area contributed by atoms with E-state index in [1.54, 1.807) is 9.80 Å². The molecule has 0 amide bonds. The highest BCUT2D eigenvalue weighted by atomic mass is 19.4. The van der Waals surface area contributed by atoms with Crippen molar-refractivity contribution in [3.63, 3.8) is 0 Å². The summed E-state index contributed by atoms with van der Waals surface area (Å²) in [6, 6.07) is 5.48. The Labute approximate surface area is 224 Å². The Kier molecular flexibility index (Phi) is 8.39. The first-order valence-electron chi connectivity index (χ1n) is 12.4. The molecule has 0 spiro atoms. The average Bonchev–Trinajstić information content (AvgIpc) is 2.91. The van der Waals surface area contributed by atoms with Crippen molar-refractivity contribution in [1.82, 2.24) is 9.80 Å². The van der Waals surface area contributed by atoms with E-state index in [4.69, 9.17) is 0 Å². The lowest BCUT2D eigenvalue weighted by Crippen LogP contribution is -2.51. The number of nitro groups is 2. The van der Waals surface area contributed by atoms with Crippen LogP contribution in [0.3, 0.4) is 0 Å². The van der Waals surface area contributed by atoms with Gasteiger partial charge in [0.15, 0.2) is 0 Å². The molecule has 4 rings (SSSR count). The van der Waals surface area contributed by atoms with Gasteiger partial charge in [0.05, 0.1) is 21.0 Å². The number of hydrogen-bond donors (Lipinski definition) is 0. The van der Waals surface area contributed by atoms with Crippen LogP contribution in [0.1, 0.15) is 11.1 Å². The molecular formula is C24H26F6N6O4. The Morgan fingerprint density at radius 3 is 1.20 bits per heavy atom. The van der Waals surface area contributed by atoms with Crippen LogP contribution in [-0.2, 0) is 12.4 Å². The molecule has 2 fully saturated rings. The van der Waals surface area contributed by atoms with Gasteiger partial charge in [-0.05, 0) is 12.1 Å². The fraction of sp³-hybridized carbons (Fsp3) is 0.500. The predicted octanol–water partition coefficient (Wildman–Crippen LogP) is 4.48. The minimum Gasteiger partial charge on any atom is -0.368 e. The number of hydrogen-bond acceptors (Lipinski definition) is 8. The van der Waals surface area contributed by atoms with E-state index in [2.05, 4.69) is 9.80 Å². The van der Waals surface area contributed by atoms with Gasteiger partial charge in [-0.15, -0.1) is 0 Å². The smallest absolute Gasteiger partial charge is 0.368 e. The third kappa shape index (κ3) is 6.72. The minimum atomic E-state index is -4.74. The molecule has 0 atom stereocenters. The van der Waals surface area contributed by atoms with Gasteiger partial charge >= 0.3 is 12.4 Å². The number of alkyl halides is 6. The summed E-state index contributed by atoms with van der Waals surface area (Å²) >= 11 is 0. The molecule has 2 aromatic carbocycles. The van der Waals surface area contributed by atoms with E-state index in [9.17, 15) is 46.6 Å². The van der Waals surface area contributed by atoms with Gasteiger partial charge in [0, 0.05) is 101 Å². The van der Waals surface area contributed by atoms with Gasteiger partial charge in [0.1, 0.15) is 0 Å². The highest BCUT2D eigenvalue weighted by molar-refractivity contribution is 5.60. The first kappa shape index (κ1) is 29.3. The molecule has 40 heavy (non-hydrogen) atoms. The van der Waals surface area contributed by atoms with E-state index >= 15 is 0 Å². The molecule has 2 aliphatic heterocycles. The van der Waals surface area contributed by atoms with Crippen LogP contribution >= 0.6 is 0 Å². The van der Waals surface area contributed by atoms with E-state index in [0.717, 1.165) is 24.3 Å². The van der Waals surface area contributed by atoms with Crippen molar-refractivity contribution < 1.29 is 36.2 Å². The summed E-state index contributed by atoms with van der Waals surface area (Å²) in [6.45, 7) is 4.35. The molecule has 0 radical (unpaired) electrons. The standard InChI is InChI=1S/C24H26F6N6O4/c25-23(26,27)19-15-17(35(37)38)1-3-21(19)33-11-7-31(8-12-33)5-6-32-9-13-34(14-10-32)22-4-2-18(36(39)40)16-20(22)24(28,29)30/h1-4,15-16H,5-14H2. The van der Waals surface area contributed by atoms with Gasteiger partial charge in [0.25, 0.3) is 11.4 Å². The van der Waals surface area contributed by atoms with Crippen molar-refractivity contribution in [2.45, 2.75) is 12.4 Å². The molecule has 10 nitrogen and oxygen atoms in total. The maximum Gasteiger partial charge on any atom is 0.418 e. The van der Waals surface area contributed by atoms with Crippen molar-refractivity contribution in [2.75, 3.05) is 75.2 Å². The highest BCUT2D eigenvalue weighted by Crippen LogP contribution is 2.40. The number of halogens is 6. The SMILES string of the molecule is O=[N+]([O-])c1ccc(N2CCN(CCN3CCN(c4ccc([N+](=O)[O-])cc4C(F)(F)F)CC3)CC2)c(C(F)(F)F)c1. The Bertz CT molecular complexity index is 1150. The number of benzene rings is 2. The van der Waals surface area contributed by atoms with Crippen molar-refractivity contribution in [3.05, 3.63) is 67.8 Å². The van der Waals surface area contributed by atoms with E-state index in [1.807, 2.05) is 0 Å². The monoisotopic (exact) mass is 576 g/mol. The first-order valence-corrected chi connectivity index (χ1v) is 12.4. The van der Waals surface area contributed by atoms with Crippen LogP contribution in [0, 0.1) is 20.2 Å². The quantitative estimate of drug-likeness (QED) is 0.270. The number of non-ortho nitro benzene ring substituents is 2. The van der Waals surface area contributed by atoms with Crippen LogP contribution in [0.4, 0.5) is 49.1 Å². The molecule has 16 heteroatoms. The van der Waals surface area contributed by atoms with Gasteiger partial charge in [-0.1, -0.05) is 0 Å². The third-order valence-electron chi connectivity index (χ3n) is 7.15. The first-order chi connectivity index (χ1) is 18.7. The topological polar surface area (TPSA) is 99.2 Å².